The molecule has 0 aromatic rings. The van der Waals surface area contributed by atoms with Gasteiger partial charge in [-0.2, -0.15) is 0 Å². The minimum Gasteiger partial charge on any atom is -0.366 e. The average Bonchev–Trinajstić information content (AvgIpc) is 2.32. The van der Waals surface area contributed by atoms with Crippen molar-refractivity contribution in [2.75, 3.05) is 6.61 Å². The van der Waals surface area contributed by atoms with Crippen LogP contribution in [0, 0.1) is 0 Å². The van der Waals surface area contributed by atoms with Gasteiger partial charge in [-0.25, -0.2) is 0 Å². The molecule has 1 amide bonds. The second-order valence-corrected chi connectivity index (χ2v) is 4.21. The lowest BCUT2D eigenvalue weighted by Crippen LogP contribution is -2.40. The standard InChI is InChI=1S/C13H20N2O3/c1-3-5-10-8-11(12(14)17)13(15-9(10)2)18-7-4-6-16/h6,8,13,15H,3-5,7H2,1-2H3,(H2,14,17)/t13-/m1/s1. The van der Waals surface area contributed by atoms with Gasteiger partial charge in [0.05, 0.1) is 12.2 Å². The van der Waals surface area contributed by atoms with Crippen molar-refractivity contribution >= 4 is 12.2 Å². The zero-order valence-corrected chi connectivity index (χ0v) is 10.9. The monoisotopic (exact) mass is 252 g/mol. The largest absolute Gasteiger partial charge is 0.366 e. The number of allylic oxidation sites excluding steroid dienone is 3. The van der Waals surface area contributed by atoms with Crippen LogP contribution in [0.1, 0.15) is 33.1 Å². The van der Waals surface area contributed by atoms with E-state index in [0.29, 0.717) is 12.0 Å². The first-order valence-electron chi connectivity index (χ1n) is 6.13. The number of dihydropyridines is 1. The van der Waals surface area contributed by atoms with Crippen molar-refractivity contribution in [3.05, 3.63) is 22.9 Å². The van der Waals surface area contributed by atoms with E-state index in [1.165, 1.54) is 0 Å². The molecule has 0 spiro atoms. The van der Waals surface area contributed by atoms with Crippen LogP contribution in [-0.2, 0) is 14.3 Å². The van der Waals surface area contributed by atoms with Crippen LogP contribution >= 0.6 is 0 Å². The van der Waals surface area contributed by atoms with E-state index in [0.717, 1.165) is 30.4 Å². The Morgan fingerprint density at radius 1 is 1.61 bits per heavy atom. The van der Waals surface area contributed by atoms with Crippen molar-refractivity contribution in [1.82, 2.24) is 5.32 Å². The average molecular weight is 252 g/mol. The molecule has 0 aromatic carbocycles. The van der Waals surface area contributed by atoms with Crippen molar-refractivity contribution in [3.8, 4) is 0 Å². The Morgan fingerprint density at radius 3 is 2.89 bits per heavy atom. The number of hydrogen-bond donors (Lipinski definition) is 2. The van der Waals surface area contributed by atoms with Crippen molar-refractivity contribution in [2.45, 2.75) is 39.3 Å². The van der Waals surface area contributed by atoms with Gasteiger partial charge >= 0.3 is 0 Å². The number of aldehydes is 1. The predicted octanol–water partition coefficient (Wildman–Crippen LogP) is 1.01. The Hall–Kier alpha value is -1.62. The number of rotatable bonds is 7. The molecule has 1 atom stereocenters. The molecular weight excluding hydrogens is 232 g/mol. The Kier molecular flexibility index (Phi) is 5.58. The van der Waals surface area contributed by atoms with E-state index < -0.39 is 12.1 Å². The van der Waals surface area contributed by atoms with E-state index in [4.69, 9.17) is 10.5 Å². The third-order valence-electron chi connectivity index (χ3n) is 2.77. The molecule has 100 valence electrons. The van der Waals surface area contributed by atoms with E-state index in [1.807, 2.05) is 6.92 Å². The fourth-order valence-electron chi connectivity index (χ4n) is 1.83. The minimum atomic E-state index is -0.553. The third kappa shape index (κ3) is 3.70. The summed E-state index contributed by atoms with van der Waals surface area (Å²) in [6.07, 6.45) is 4.20. The number of nitrogens with one attached hydrogen (secondary N) is 1. The van der Waals surface area contributed by atoms with Crippen LogP contribution in [-0.4, -0.2) is 25.0 Å². The van der Waals surface area contributed by atoms with Gasteiger partial charge in [0.2, 0.25) is 5.91 Å². The van der Waals surface area contributed by atoms with Gasteiger partial charge in [-0.15, -0.1) is 0 Å². The molecule has 1 heterocycles. The maximum absolute atomic E-state index is 11.4. The lowest BCUT2D eigenvalue weighted by molar-refractivity contribution is -0.116. The molecule has 1 aliphatic rings. The Bertz CT molecular complexity index is 386. The molecule has 5 heteroatoms. The predicted molar refractivity (Wildman–Crippen MR) is 68.4 cm³/mol. The summed E-state index contributed by atoms with van der Waals surface area (Å²) in [5.41, 5.74) is 7.81. The van der Waals surface area contributed by atoms with E-state index in [9.17, 15) is 9.59 Å². The number of ether oxygens (including phenoxy) is 1. The molecule has 5 nitrogen and oxygen atoms in total. The molecule has 18 heavy (non-hydrogen) atoms. The van der Waals surface area contributed by atoms with Crippen molar-refractivity contribution in [1.29, 1.82) is 0 Å². The number of nitrogens with two attached hydrogens (primary N) is 1. The van der Waals surface area contributed by atoms with Gasteiger partial charge in [0, 0.05) is 12.1 Å². The maximum atomic E-state index is 11.4. The number of carbonyl (C=O) groups is 2. The Balaban J connectivity index is 2.81. The summed E-state index contributed by atoms with van der Waals surface area (Å²) in [7, 11) is 0. The number of carbonyl (C=O) groups excluding carboxylic acids is 2. The van der Waals surface area contributed by atoms with Crippen LogP contribution < -0.4 is 11.1 Å². The van der Waals surface area contributed by atoms with E-state index in [1.54, 1.807) is 6.08 Å². The van der Waals surface area contributed by atoms with Gasteiger partial charge < -0.3 is 20.6 Å². The third-order valence-corrected chi connectivity index (χ3v) is 2.77. The van der Waals surface area contributed by atoms with Gasteiger partial charge in [-0.1, -0.05) is 13.3 Å². The van der Waals surface area contributed by atoms with Crippen LogP contribution in [0.25, 0.3) is 0 Å². The van der Waals surface area contributed by atoms with Gasteiger partial charge in [-0.3, -0.25) is 4.79 Å². The second kappa shape index (κ2) is 6.96. The molecule has 0 saturated heterocycles. The van der Waals surface area contributed by atoms with Gasteiger partial charge in [0.15, 0.2) is 6.23 Å². The molecule has 0 bridgehead atoms. The highest BCUT2D eigenvalue weighted by atomic mass is 16.5. The van der Waals surface area contributed by atoms with Gasteiger partial charge in [0.25, 0.3) is 0 Å². The molecular formula is C13H20N2O3. The summed E-state index contributed by atoms with van der Waals surface area (Å²) in [5.74, 6) is -0.500. The van der Waals surface area contributed by atoms with Crippen LogP contribution in [0.15, 0.2) is 22.9 Å². The minimum absolute atomic E-state index is 0.266. The lowest BCUT2D eigenvalue weighted by atomic mass is 10.00. The molecule has 0 unspecified atom stereocenters. The summed E-state index contributed by atoms with van der Waals surface area (Å²) in [6.45, 7) is 4.28. The smallest absolute Gasteiger partial charge is 0.249 e. The van der Waals surface area contributed by atoms with Crippen molar-refractivity contribution in [3.63, 3.8) is 0 Å². The Labute approximate surface area is 107 Å². The zero-order chi connectivity index (χ0) is 13.5. The normalized spacial score (nSPS) is 19.2. The molecule has 0 aliphatic carbocycles. The Morgan fingerprint density at radius 2 is 2.33 bits per heavy atom. The topological polar surface area (TPSA) is 81.4 Å². The number of primary amides is 1. The lowest BCUT2D eigenvalue weighted by Gasteiger charge is -2.27. The highest BCUT2D eigenvalue weighted by Crippen LogP contribution is 2.21. The fourth-order valence-corrected chi connectivity index (χ4v) is 1.83. The number of hydrogen-bond acceptors (Lipinski definition) is 4. The number of amides is 1. The van der Waals surface area contributed by atoms with Gasteiger partial charge in [0.1, 0.15) is 6.29 Å². The molecule has 0 fully saturated rings. The molecule has 0 radical (unpaired) electrons. The van der Waals surface area contributed by atoms with E-state index >= 15 is 0 Å². The highest BCUT2D eigenvalue weighted by molar-refractivity contribution is 5.93. The fraction of sp³-hybridized carbons (Fsp3) is 0.538. The summed E-state index contributed by atoms with van der Waals surface area (Å²) in [5, 5.41) is 3.11. The van der Waals surface area contributed by atoms with Crippen LogP contribution in [0.2, 0.25) is 0 Å². The summed E-state index contributed by atoms with van der Waals surface area (Å²) >= 11 is 0. The molecule has 0 saturated carbocycles. The molecule has 3 N–H and O–H groups in total. The first-order valence-corrected chi connectivity index (χ1v) is 6.13. The van der Waals surface area contributed by atoms with Crippen LogP contribution in [0.5, 0.6) is 0 Å². The first kappa shape index (κ1) is 14.4. The second-order valence-electron chi connectivity index (χ2n) is 4.21. The maximum Gasteiger partial charge on any atom is 0.249 e. The van der Waals surface area contributed by atoms with E-state index in [-0.39, 0.29) is 6.61 Å². The van der Waals surface area contributed by atoms with Crippen molar-refractivity contribution in [2.24, 2.45) is 5.73 Å². The summed E-state index contributed by atoms with van der Waals surface area (Å²) < 4.78 is 5.45. The summed E-state index contributed by atoms with van der Waals surface area (Å²) in [4.78, 5) is 21.6. The highest BCUT2D eigenvalue weighted by Gasteiger charge is 2.24. The van der Waals surface area contributed by atoms with Crippen LogP contribution in [0.4, 0.5) is 0 Å². The SMILES string of the molecule is CCCC1=C(C)N[C@H](OCCC=O)C(C(N)=O)=C1. The molecule has 1 rings (SSSR count). The molecule has 0 aromatic heterocycles. The zero-order valence-electron chi connectivity index (χ0n) is 10.9. The van der Waals surface area contributed by atoms with Gasteiger partial charge in [-0.05, 0) is 25.0 Å². The summed E-state index contributed by atoms with van der Waals surface area (Å²) in [6, 6.07) is 0. The van der Waals surface area contributed by atoms with Crippen molar-refractivity contribution < 1.29 is 14.3 Å². The first-order chi connectivity index (χ1) is 8.60. The van der Waals surface area contributed by atoms with Crippen LogP contribution in [0.3, 0.4) is 0 Å². The molecule has 1 aliphatic heterocycles. The van der Waals surface area contributed by atoms with E-state index in [2.05, 4.69) is 12.2 Å². The quantitative estimate of drug-likeness (QED) is 0.523.